The Morgan fingerprint density at radius 2 is 2.30 bits per heavy atom. The number of hydrogen-bond donors (Lipinski definition) is 2. The molecule has 2 unspecified atom stereocenters. The minimum atomic E-state index is -0.199. The summed E-state index contributed by atoms with van der Waals surface area (Å²) in [5.74, 6) is 0.619. The summed E-state index contributed by atoms with van der Waals surface area (Å²) in [4.78, 5) is 4.28. The van der Waals surface area contributed by atoms with Crippen LogP contribution in [-0.4, -0.2) is 23.7 Å². The van der Waals surface area contributed by atoms with Crippen LogP contribution in [0.4, 0.5) is 5.82 Å². The summed E-state index contributed by atoms with van der Waals surface area (Å²) >= 11 is 0. The van der Waals surface area contributed by atoms with Crippen LogP contribution in [0.2, 0.25) is 0 Å². The number of rotatable bonds is 5. The van der Waals surface area contributed by atoms with Crippen LogP contribution in [0.3, 0.4) is 0 Å². The van der Waals surface area contributed by atoms with Gasteiger partial charge in [-0.2, -0.15) is 0 Å². The Kier molecular flexibility index (Phi) is 5.00. The molecular weight excluding hydrogens is 250 g/mol. The Labute approximate surface area is 122 Å². The summed E-state index contributed by atoms with van der Waals surface area (Å²) in [5, 5.41) is 3.63. The third-order valence-corrected chi connectivity index (χ3v) is 4.24. The predicted octanol–water partition coefficient (Wildman–Crippen LogP) is 2.97. The van der Waals surface area contributed by atoms with E-state index >= 15 is 0 Å². The first-order chi connectivity index (χ1) is 9.58. The molecule has 1 aromatic heterocycles. The molecule has 112 valence electrons. The zero-order valence-corrected chi connectivity index (χ0v) is 12.9. The number of nitrogens with zero attached hydrogens (tertiary/aromatic N) is 1. The van der Waals surface area contributed by atoms with Gasteiger partial charge in [-0.3, -0.25) is 0 Å². The number of ether oxygens (including phenoxy) is 1. The van der Waals surface area contributed by atoms with Gasteiger partial charge in [0.1, 0.15) is 5.82 Å². The molecule has 3 N–H and O–H groups in total. The maximum atomic E-state index is 6.15. The van der Waals surface area contributed by atoms with E-state index in [1.54, 1.807) is 6.20 Å². The number of aromatic nitrogens is 1. The molecule has 1 saturated heterocycles. The summed E-state index contributed by atoms with van der Waals surface area (Å²) in [7, 11) is 0. The van der Waals surface area contributed by atoms with E-state index in [-0.39, 0.29) is 11.6 Å². The molecule has 0 saturated carbocycles. The van der Waals surface area contributed by atoms with Gasteiger partial charge < -0.3 is 15.8 Å². The van der Waals surface area contributed by atoms with Gasteiger partial charge in [0.25, 0.3) is 0 Å². The molecule has 1 aliphatic rings. The van der Waals surface area contributed by atoms with Crippen LogP contribution in [-0.2, 0) is 4.74 Å². The first-order valence-corrected chi connectivity index (χ1v) is 7.67. The van der Waals surface area contributed by atoms with Crippen LogP contribution >= 0.6 is 0 Å². The highest BCUT2D eigenvalue weighted by Crippen LogP contribution is 2.39. The summed E-state index contributed by atoms with van der Waals surface area (Å²) in [6, 6.07) is 2.13. The van der Waals surface area contributed by atoms with Crippen LogP contribution in [0.5, 0.6) is 0 Å². The topological polar surface area (TPSA) is 60.2 Å². The number of hydrogen-bond acceptors (Lipinski definition) is 4. The van der Waals surface area contributed by atoms with E-state index in [4.69, 9.17) is 10.5 Å². The maximum Gasteiger partial charge on any atom is 0.128 e. The van der Waals surface area contributed by atoms with Gasteiger partial charge in [-0.05, 0) is 57.7 Å². The fourth-order valence-corrected chi connectivity index (χ4v) is 3.06. The van der Waals surface area contributed by atoms with Crippen molar-refractivity contribution in [3.05, 3.63) is 23.4 Å². The molecule has 4 heteroatoms. The van der Waals surface area contributed by atoms with E-state index in [1.165, 1.54) is 12.0 Å². The highest BCUT2D eigenvalue weighted by molar-refractivity contribution is 5.47. The molecule has 0 aromatic carbocycles. The van der Waals surface area contributed by atoms with Crippen molar-refractivity contribution in [2.75, 3.05) is 18.9 Å². The molecule has 1 aliphatic heterocycles. The summed E-state index contributed by atoms with van der Waals surface area (Å²) in [6.07, 6.45) is 6.28. The lowest BCUT2D eigenvalue weighted by atomic mass is 9.82. The Morgan fingerprint density at radius 1 is 1.50 bits per heavy atom. The molecule has 20 heavy (non-hydrogen) atoms. The third kappa shape index (κ3) is 3.13. The molecule has 2 atom stereocenters. The largest absolute Gasteiger partial charge is 0.383 e. The van der Waals surface area contributed by atoms with Crippen LogP contribution in [0.25, 0.3) is 0 Å². The van der Waals surface area contributed by atoms with Crippen molar-refractivity contribution in [1.29, 1.82) is 0 Å². The highest BCUT2D eigenvalue weighted by Gasteiger charge is 2.39. The molecule has 1 fully saturated rings. The standard InChI is InChI=1S/C16H27N3O/c1-4-9-18-14(16(3)8-5-6-11-20-16)13-12(2)7-10-19-15(13)17/h7,10,14,18H,4-6,8-9,11H2,1-3H3,(H2,17,19). The number of nitrogen functional groups attached to an aromatic ring is 1. The van der Waals surface area contributed by atoms with E-state index in [0.717, 1.165) is 38.0 Å². The Hall–Kier alpha value is -1.13. The zero-order chi connectivity index (χ0) is 14.6. The van der Waals surface area contributed by atoms with E-state index < -0.39 is 0 Å². The molecule has 1 aromatic rings. The molecule has 0 spiro atoms. The van der Waals surface area contributed by atoms with E-state index in [2.05, 4.69) is 31.1 Å². The first kappa shape index (κ1) is 15.3. The lowest BCUT2D eigenvalue weighted by molar-refractivity contribution is -0.0897. The monoisotopic (exact) mass is 277 g/mol. The van der Waals surface area contributed by atoms with Crippen molar-refractivity contribution in [1.82, 2.24) is 10.3 Å². The lowest BCUT2D eigenvalue weighted by Gasteiger charge is -2.42. The predicted molar refractivity (Wildman–Crippen MR) is 82.6 cm³/mol. The minimum Gasteiger partial charge on any atom is -0.383 e. The van der Waals surface area contributed by atoms with Crippen molar-refractivity contribution >= 4 is 5.82 Å². The van der Waals surface area contributed by atoms with Gasteiger partial charge in [0.15, 0.2) is 0 Å². The smallest absolute Gasteiger partial charge is 0.128 e. The van der Waals surface area contributed by atoms with Gasteiger partial charge in [-0.15, -0.1) is 0 Å². The van der Waals surface area contributed by atoms with Crippen LogP contribution in [0, 0.1) is 6.92 Å². The van der Waals surface area contributed by atoms with E-state index in [0.29, 0.717) is 5.82 Å². The number of pyridine rings is 1. The van der Waals surface area contributed by atoms with Crippen LogP contribution in [0.15, 0.2) is 12.3 Å². The molecule has 0 bridgehead atoms. The van der Waals surface area contributed by atoms with E-state index in [1.807, 2.05) is 6.07 Å². The highest BCUT2D eigenvalue weighted by atomic mass is 16.5. The van der Waals surface area contributed by atoms with Gasteiger partial charge in [-0.25, -0.2) is 4.98 Å². The second-order valence-electron chi connectivity index (χ2n) is 5.93. The number of aryl methyl sites for hydroxylation is 1. The second-order valence-corrected chi connectivity index (χ2v) is 5.93. The number of nitrogens with two attached hydrogens (primary N) is 1. The third-order valence-electron chi connectivity index (χ3n) is 4.24. The molecule has 0 amide bonds. The summed E-state index contributed by atoms with van der Waals surface area (Å²) in [6.45, 7) is 8.26. The quantitative estimate of drug-likeness (QED) is 0.868. The average Bonchev–Trinajstić information content (AvgIpc) is 2.42. The SMILES string of the molecule is CCCNC(c1c(C)ccnc1N)C1(C)CCCCO1. The van der Waals surface area contributed by atoms with Gasteiger partial charge in [-0.1, -0.05) is 6.92 Å². The van der Waals surface area contributed by atoms with Gasteiger partial charge in [0.05, 0.1) is 11.6 Å². The molecule has 4 nitrogen and oxygen atoms in total. The average molecular weight is 277 g/mol. The summed E-state index contributed by atoms with van der Waals surface area (Å²) < 4.78 is 6.14. The van der Waals surface area contributed by atoms with Crippen LogP contribution in [0.1, 0.15) is 56.7 Å². The Bertz CT molecular complexity index is 421. The van der Waals surface area contributed by atoms with Crippen molar-refractivity contribution in [2.45, 2.75) is 58.1 Å². The summed E-state index contributed by atoms with van der Waals surface area (Å²) in [5.41, 5.74) is 8.24. The second kappa shape index (κ2) is 6.55. The normalized spacial score (nSPS) is 24.6. The molecule has 0 aliphatic carbocycles. The maximum absolute atomic E-state index is 6.15. The van der Waals surface area contributed by atoms with Crippen molar-refractivity contribution < 1.29 is 4.74 Å². The van der Waals surface area contributed by atoms with E-state index in [9.17, 15) is 0 Å². The zero-order valence-electron chi connectivity index (χ0n) is 12.9. The lowest BCUT2D eigenvalue weighted by Crippen LogP contribution is -2.46. The van der Waals surface area contributed by atoms with Gasteiger partial charge in [0, 0.05) is 18.4 Å². The number of nitrogens with one attached hydrogen (secondary N) is 1. The van der Waals surface area contributed by atoms with Gasteiger partial charge >= 0.3 is 0 Å². The Morgan fingerprint density at radius 3 is 2.90 bits per heavy atom. The van der Waals surface area contributed by atoms with Crippen LogP contribution < -0.4 is 11.1 Å². The van der Waals surface area contributed by atoms with Gasteiger partial charge in [0.2, 0.25) is 0 Å². The van der Waals surface area contributed by atoms with Crippen molar-refractivity contribution in [3.8, 4) is 0 Å². The minimum absolute atomic E-state index is 0.108. The Balaban J connectivity index is 2.36. The van der Waals surface area contributed by atoms with Crippen molar-refractivity contribution in [2.24, 2.45) is 0 Å². The van der Waals surface area contributed by atoms with Crippen molar-refractivity contribution in [3.63, 3.8) is 0 Å². The molecule has 2 rings (SSSR count). The molecule has 2 heterocycles. The fraction of sp³-hybridized carbons (Fsp3) is 0.688. The number of anilines is 1. The first-order valence-electron chi connectivity index (χ1n) is 7.67. The fourth-order valence-electron chi connectivity index (χ4n) is 3.06. The molecular formula is C16H27N3O. The molecule has 0 radical (unpaired) electrons.